The van der Waals surface area contributed by atoms with Gasteiger partial charge in [-0.1, -0.05) is 6.08 Å². The maximum Gasteiger partial charge on any atom is 0.476 e. The Morgan fingerprint density at radius 3 is 2.91 bits per heavy atom. The number of fused-ring (bicyclic) bond motifs is 2. The number of carboxylic acid groups (broad SMARTS) is 1. The van der Waals surface area contributed by atoms with E-state index in [0.29, 0.717) is 10.6 Å². The van der Waals surface area contributed by atoms with Crippen LogP contribution >= 0.6 is 0 Å². The number of amides is 2. The molecule has 0 aromatic carbocycles. The Morgan fingerprint density at radius 1 is 1.61 bits per heavy atom. The third-order valence-corrected chi connectivity index (χ3v) is 3.64. The Morgan fingerprint density at radius 2 is 2.35 bits per heavy atom. The number of carbonyl (C=O) groups is 2. The predicted octanol–water partition coefficient (Wildman–Crippen LogP) is 0.114. The van der Waals surface area contributed by atoms with Gasteiger partial charge in [0.15, 0.2) is 12.2 Å². The Bertz CT molecular complexity index is 662. The first-order chi connectivity index (χ1) is 10.8. The minimum Gasteiger partial charge on any atom is -0.475 e. The molecule has 2 aliphatic heterocycles. The number of aliphatic carboxylic acids is 1. The molecule has 2 aliphatic rings. The first kappa shape index (κ1) is 15.4. The van der Waals surface area contributed by atoms with Crippen molar-refractivity contribution in [3.63, 3.8) is 0 Å². The van der Waals surface area contributed by atoms with Crippen molar-refractivity contribution in [2.24, 2.45) is 5.73 Å². The number of alkyl halides is 2. The lowest BCUT2D eigenvalue weighted by Gasteiger charge is -2.28. The second-order valence-electron chi connectivity index (χ2n) is 4.98. The standard InChI is InChI=1S/C12H12F2N4O5/c13-12(14,10(19)20)23-18-8-4-17(11(18)21)6(2-15)1-7(8)9-3-16-5-22-9/h1,3,5-6,8H,2,4,15H2,(H,19,20)/t6-,8-/m0/s1. The van der Waals surface area contributed by atoms with Gasteiger partial charge in [0, 0.05) is 12.1 Å². The van der Waals surface area contributed by atoms with Crippen LogP contribution in [0.5, 0.6) is 0 Å². The number of carboxylic acids is 1. The molecule has 0 aliphatic carbocycles. The highest BCUT2D eigenvalue weighted by molar-refractivity contribution is 5.85. The molecule has 11 heteroatoms. The highest BCUT2D eigenvalue weighted by Crippen LogP contribution is 2.37. The third-order valence-electron chi connectivity index (χ3n) is 3.64. The van der Waals surface area contributed by atoms with E-state index in [0.717, 1.165) is 6.39 Å². The lowest BCUT2D eigenvalue weighted by Crippen LogP contribution is -2.45. The summed E-state index contributed by atoms with van der Waals surface area (Å²) in [6, 6.07) is -2.40. The van der Waals surface area contributed by atoms with E-state index in [1.54, 1.807) is 6.08 Å². The number of urea groups is 1. The number of carbonyl (C=O) groups excluding carboxylic acids is 1. The molecule has 0 spiro atoms. The van der Waals surface area contributed by atoms with Crippen LogP contribution in [0.4, 0.5) is 13.6 Å². The van der Waals surface area contributed by atoms with Gasteiger partial charge in [0.2, 0.25) is 0 Å². The Kier molecular flexibility index (Phi) is 3.53. The first-order valence-corrected chi connectivity index (χ1v) is 6.56. The van der Waals surface area contributed by atoms with Gasteiger partial charge in [0.25, 0.3) is 0 Å². The highest BCUT2D eigenvalue weighted by atomic mass is 19.3. The van der Waals surface area contributed by atoms with E-state index >= 15 is 0 Å². The molecule has 0 unspecified atom stereocenters. The summed E-state index contributed by atoms with van der Waals surface area (Å²) in [5, 5.41) is 8.83. The topological polar surface area (TPSA) is 122 Å². The molecule has 2 atom stereocenters. The maximum atomic E-state index is 13.4. The molecule has 9 nitrogen and oxygen atoms in total. The Hall–Kier alpha value is -2.53. The number of nitrogens with zero attached hydrogens (tertiary/aromatic N) is 3. The molecule has 1 saturated heterocycles. The molecule has 124 valence electrons. The van der Waals surface area contributed by atoms with Gasteiger partial charge >= 0.3 is 18.1 Å². The van der Waals surface area contributed by atoms with Crippen molar-refractivity contribution >= 4 is 17.6 Å². The number of nitrogens with two attached hydrogens (primary N) is 1. The van der Waals surface area contributed by atoms with Gasteiger partial charge in [-0.3, -0.25) is 0 Å². The number of rotatable bonds is 5. The molecular weight excluding hydrogens is 318 g/mol. The number of oxazole rings is 1. The second-order valence-corrected chi connectivity index (χ2v) is 4.98. The van der Waals surface area contributed by atoms with Gasteiger partial charge < -0.3 is 20.2 Å². The molecule has 0 radical (unpaired) electrons. The fraction of sp³-hybridized carbons (Fsp3) is 0.417. The summed E-state index contributed by atoms with van der Waals surface area (Å²) in [7, 11) is 0. The summed E-state index contributed by atoms with van der Waals surface area (Å²) in [4.78, 5) is 31.9. The SMILES string of the molecule is NC[C@@H]1C=C(c2cnco2)[C@@H]2CN1C(=O)N2OC(F)(F)C(=O)O. The van der Waals surface area contributed by atoms with E-state index in [-0.39, 0.29) is 18.8 Å². The van der Waals surface area contributed by atoms with Crippen molar-refractivity contribution in [1.29, 1.82) is 0 Å². The van der Waals surface area contributed by atoms with Crippen molar-refractivity contribution in [2.75, 3.05) is 13.1 Å². The van der Waals surface area contributed by atoms with Crippen LogP contribution in [-0.4, -0.2) is 63.3 Å². The molecule has 0 saturated carbocycles. The molecule has 23 heavy (non-hydrogen) atoms. The number of halogens is 2. The van der Waals surface area contributed by atoms with Crippen LogP contribution in [0.15, 0.2) is 23.1 Å². The van der Waals surface area contributed by atoms with Crippen LogP contribution in [-0.2, 0) is 9.63 Å². The van der Waals surface area contributed by atoms with Crippen molar-refractivity contribution < 1.29 is 32.7 Å². The van der Waals surface area contributed by atoms with Gasteiger partial charge in [0.05, 0.1) is 18.8 Å². The molecule has 3 rings (SSSR count). The number of hydrogen-bond donors (Lipinski definition) is 2. The fourth-order valence-corrected chi connectivity index (χ4v) is 2.57. The van der Waals surface area contributed by atoms with Crippen LogP contribution in [0.1, 0.15) is 5.76 Å². The first-order valence-electron chi connectivity index (χ1n) is 6.56. The summed E-state index contributed by atoms with van der Waals surface area (Å²) in [6.45, 7) is 0.0716. The minimum atomic E-state index is -4.54. The van der Waals surface area contributed by atoms with Gasteiger partial charge in [-0.15, -0.1) is 0 Å². The van der Waals surface area contributed by atoms with Crippen LogP contribution in [0.2, 0.25) is 0 Å². The van der Waals surface area contributed by atoms with E-state index in [1.807, 2.05) is 0 Å². The average molecular weight is 330 g/mol. The number of hydrogen-bond acceptors (Lipinski definition) is 6. The van der Waals surface area contributed by atoms with Crippen LogP contribution < -0.4 is 5.73 Å². The normalized spacial score (nSPS) is 24.1. The van der Waals surface area contributed by atoms with Crippen molar-refractivity contribution in [1.82, 2.24) is 14.9 Å². The summed E-state index contributed by atoms with van der Waals surface area (Å²) in [6.07, 6.45) is -0.451. The zero-order chi connectivity index (χ0) is 16.8. The molecule has 1 aromatic heterocycles. The summed E-state index contributed by atoms with van der Waals surface area (Å²) < 4.78 is 31.9. The van der Waals surface area contributed by atoms with Crippen LogP contribution in [0, 0.1) is 0 Å². The molecule has 1 fully saturated rings. The molecule has 1 aromatic rings. The molecule has 2 amide bonds. The zero-order valence-electron chi connectivity index (χ0n) is 11.6. The molecule has 3 N–H and O–H groups in total. The van der Waals surface area contributed by atoms with E-state index in [1.165, 1.54) is 11.1 Å². The van der Waals surface area contributed by atoms with Crippen LogP contribution in [0.3, 0.4) is 0 Å². The smallest absolute Gasteiger partial charge is 0.475 e. The second kappa shape index (κ2) is 5.28. The lowest BCUT2D eigenvalue weighted by atomic mass is 9.98. The van der Waals surface area contributed by atoms with Gasteiger partial charge in [-0.2, -0.15) is 18.7 Å². The van der Waals surface area contributed by atoms with E-state index in [4.69, 9.17) is 15.3 Å². The Labute approximate surface area is 127 Å². The Balaban J connectivity index is 1.96. The largest absolute Gasteiger partial charge is 0.476 e. The van der Waals surface area contributed by atoms with Crippen molar-refractivity contribution in [3.8, 4) is 0 Å². The minimum absolute atomic E-state index is 0.0168. The summed E-state index contributed by atoms with van der Waals surface area (Å²) >= 11 is 0. The highest BCUT2D eigenvalue weighted by Gasteiger charge is 2.53. The molecule has 3 heterocycles. The third kappa shape index (κ3) is 2.43. The quantitative estimate of drug-likeness (QED) is 0.786. The van der Waals surface area contributed by atoms with E-state index < -0.39 is 30.2 Å². The molecular formula is C12H12F2N4O5. The van der Waals surface area contributed by atoms with Crippen molar-refractivity contribution in [3.05, 3.63) is 24.4 Å². The lowest BCUT2D eigenvalue weighted by molar-refractivity contribution is -0.323. The van der Waals surface area contributed by atoms with Gasteiger partial charge in [0.1, 0.15) is 6.04 Å². The average Bonchev–Trinajstić information content (AvgIpc) is 3.12. The fourth-order valence-electron chi connectivity index (χ4n) is 2.57. The summed E-state index contributed by atoms with van der Waals surface area (Å²) in [5.74, 6) is -2.24. The van der Waals surface area contributed by atoms with E-state index in [9.17, 15) is 18.4 Å². The van der Waals surface area contributed by atoms with Gasteiger partial charge in [-0.05, 0) is 0 Å². The number of hydroxylamine groups is 2. The number of aromatic nitrogens is 1. The zero-order valence-corrected chi connectivity index (χ0v) is 11.6. The van der Waals surface area contributed by atoms with E-state index in [2.05, 4.69) is 9.82 Å². The predicted molar refractivity (Wildman–Crippen MR) is 68.7 cm³/mol. The maximum absolute atomic E-state index is 13.4. The molecule has 2 bridgehead atoms. The van der Waals surface area contributed by atoms with Crippen molar-refractivity contribution in [2.45, 2.75) is 18.2 Å². The summed E-state index contributed by atoms with van der Waals surface area (Å²) in [5.41, 5.74) is 5.98. The van der Waals surface area contributed by atoms with Crippen LogP contribution in [0.25, 0.3) is 5.57 Å². The van der Waals surface area contributed by atoms with Gasteiger partial charge in [-0.25, -0.2) is 14.6 Å². The monoisotopic (exact) mass is 330 g/mol.